The molecule has 0 radical (unpaired) electrons. The van der Waals surface area contributed by atoms with E-state index in [4.69, 9.17) is 5.11 Å². The zero-order valence-electron chi connectivity index (χ0n) is 10.8. The Hall–Kier alpha value is -2.77. The van der Waals surface area contributed by atoms with Crippen LogP contribution < -0.4 is 0 Å². The summed E-state index contributed by atoms with van der Waals surface area (Å²) in [4.78, 5) is 25.4. The molecule has 20 heavy (non-hydrogen) atoms. The van der Waals surface area contributed by atoms with Crippen molar-refractivity contribution in [3.63, 3.8) is 0 Å². The molecule has 0 spiro atoms. The minimum absolute atomic E-state index is 0.0265. The van der Waals surface area contributed by atoms with Crippen molar-refractivity contribution in [2.24, 2.45) is 0 Å². The Balaban J connectivity index is 2.54. The number of aromatic nitrogens is 3. The molecular weight excluding hydrogens is 264 g/mol. The number of rotatable bonds is 4. The van der Waals surface area contributed by atoms with E-state index in [2.05, 4.69) is 10.1 Å². The van der Waals surface area contributed by atoms with Crippen molar-refractivity contribution in [3.05, 3.63) is 45.9 Å². The summed E-state index contributed by atoms with van der Waals surface area (Å²) >= 11 is 0. The molecule has 2 heterocycles. The first-order valence-electron chi connectivity index (χ1n) is 5.83. The standard InChI is InChI=1S/C12H12N4O4/c1-7(2)10-3-8(12(17)18)4-11(14-10)15-6-9(5-13-15)16(19)20/h3-7H,1-2H3,(H,17,18). The number of nitro groups is 1. The van der Waals surface area contributed by atoms with E-state index in [1.54, 1.807) is 0 Å². The SMILES string of the molecule is CC(C)c1cc(C(=O)O)cc(-n2cc([N+](=O)[O-])cn2)n1. The summed E-state index contributed by atoms with van der Waals surface area (Å²) in [6.07, 6.45) is 2.28. The lowest BCUT2D eigenvalue weighted by molar-refractivity contribution is -0.384. The molecule has 0 fully saturated rings. The topological polar surface area (TPSA) is 111 Å². The molecule has 0 aliphatic carbocycles. The smallest absolute Gasteiger partial charge is 0.335 e. The molecule has 104 valence electrons. The number of pyridine rings is 1. The first-order chi connectivity index (χ1) is 9.38. The van der Waals surface area contributed by atoms with Crippen molar-refractivity contribution < 1.29 is 14.8 Å². The zero-order chi connectivity index (χ0) is 14.9. The number of carboxylic acid groups (broad SMARTS) is 1. The average molecular weight is 276 g/mol. The molecule has 0 saturated heterocycles. The van der Waals surface area contributed by atoms with Gasteiger partial charge in [0.25, 0.3) is 0 Å². The Kier molecular flexibility index (Phi) is 3.47. The van der Waals surface area contributed by atoms with Crippen LogP contribution >= 0.6 is 0 Å². The maximum Gasteiger partial charge on any atom is 0.335 e. The summed E-state index contributed by atoms with van der Waals surface area (Å²) in [5.74, 6) is -0.822. The predicted molar refractivity (Wildman–Crippen MR) is 69.1 cm³/mol. The number of nitrogens with zero attached hydrogens (tertiary/aromatic N) is 4. The highest BCUT2D eigenvalue weighted by atomic mass is 16.6. The van der Waals surface area contributed by atoms with Gasteiger partial charge in [0.05, 0.1) is 10.5 Å². The van der Waals surface area contributed by atoms with Gasteiger partial charge in [0.15, 0.2) is 5.82 Å². The van der Waals surface area contributed by atoms with Crippen LogP contribution in [0.15, 0.2) is 24.5 Å². The van der Waals surface area contributed by atoms with E-state index < -0.39 is 10.9 Å². The average Bonchev–Trinajstić information content (AvgIpc) is 2.87. The van der Waals surface area contributed by atoms with Gasteiger partial charge in [-0.1, -0.05) is 13.8 Å². The normalized spacial score (nSPS) is 10.8. The van der Waals surface area contributed by atoms with E-state index in [-0.39, 0.29) is 23.0 Å². The fourth-order valence-electron chi connectivity index (χ4n) is 1.61. The number of hydrogen-bond acceptors (Lipinski definition) is 5. The minimum Gasteiger partial charge on any atom is -0.478 e. The summed E-state index contributed by atoms with van der Waals surface area (Å²) in [6, 6.07) is 2.80. The molecule has 0 amide bonds. The molecule has 2 aromatic rings. The molecule has 8 heteroatoms. The van der Waals surface area contributed by atoms with Crippen molar-refractivity contribution in [3.8, 4) is 5.82 Å². The van der Waals surface area contributed by atoms with Crippen LogP contribution in [0.3, 0.4) is 0 Å². The highest BCUT2D eigenvalue weighted by molar-refractivity contribution is 5.88. The Morgan fingerprint density at radius 2 is 2.15 bits per heavy atom. The molecule has 1 N–H and O–H groups in total. The highest BCUT2D eigenvalue weighted by Gasteiger charge is 2.15. The van der Waals surface area contributed by atoms with Gasteiger partial charge in [-0.25, -0.2) is 14.5 Å². The lowest BCUT2D eigenvalue weighted by atomic mass is 10.1. The van der Waals surface area contributed by atoms with Gasteiger partial charge in [-0.05, 0) is 18.1 Å². The molecule has 0 bridgehead atoms. The molecule has 0 saturated carbocycles. The quantitative estimate of drug-likeness (QED) is 0.675. The van der Waals surface area contributed by atoms with Gasteiger partial charge in [-0.15, -0.1) is 0 Å². The molecule has 0 atom stereocenters. The Labute approximate surface area is 113 Å². The number of carboxylic acids is 1. The Morgan fingerprint density at radius 3 is 2.65 bits per heavy atom. The van der Waals surface area contributed by atoms with E-state index in [0.717, 1.165) is 6.20 Å². The molecule has 2 rings (SSSR count). The van der Waals surface area contributed by atoms with Crippen LogP contribution in [-0.4, -0.2) is 30.8 Å². The molecule has 0 aliphatic rings. The number of carbonyl (C=O) groups is 1. The van der Waals surface area contributed by atoms with E-state index >= 15 is 0 Å². The van der Waals surface area contributed by atoms with Crippen molar-refractivity contribution >= 4 is 11.7 Å². The van der Waals surface area contributed by atoms with E-state index in [0.29, 0.717) is 5.69 Å². The largest absolute Gasteiger partial charge is 0.478 e. The Morgan fingerprint density at radius 1 is 1.45 bits per heavy atom. The van der Waals surface area contributed by atoms with Crippen molar-refractivity contribution in [1.29, 1.82) is 0 Å². The number of aromatic carboxylic acids is 1. The van der Waals surface area contributed by atoms with Crippen LogP contribution in [0.5, 0.6) is 0 Å². The Bertz CT molecular complexity index is 678. The maximum absolute atomic E-state index is 11.1. The third-order valence-electron chi connectivity index (χ3n) is 2.68. The van der Waals surface area contributed by atoms with E-state index in [9.17, 15) is 14.9 Å². The third kappa shape index (κ3) is 2.63. The monoisotopic (exact) mass is 276 g/mol. The molecule has 0 aromatic carbocycles. The van der Waals surface area contributed by atoms with Gasteiger partial charge in [-0.2, -0.15) is 5.10 Å². The van der Waals surface area contributed by atoms with Crippen LogP contribution in [0.4, 0.5) is 5.69 Å². The van der Waals surface area contributed by atoms with Gasteiger partial charge in [0.1, 0.15) is 12.4 Å². The van der Waals surface area contributed by atoms with Gasteiger partial charge in [-0.3, -0.25) is 10.1 Å². The summed E-state index contributed by atoms with van der Waals surface area (Å²) in [6.45, 7) is 3.76. The van der Waals surface area contributed by atoms with Gasteiger partial charge >= 0.3 is 11.7 Å². The molecule has 0 aliphatic heterocycles. The molecule has 0 unspecified atom stereocenters. The van der Waals surface area contributed by atoms with Crippen LogP contribution in [0.1, 0.15) is 35.8 Å². The molecule has 2 aromatic heterocycles. The van der Waals surface area contributed by atoms with E-state index in [1.807, 2.05) is 13.8 Å². The lowest BCUT2D eigenvalue weighted by Gasteiger charge is -2.09. The van der Waals surface area contributed by atoms with Gasteiger partial charge in [0, 0.05) is 5.69 Å². The van der Waals surface area contributed by atoms with Crippen molar-refractivity contribution in [2.45, 2.75) is 19.8 Å². The van der Waals surface area contributed by atoms with Crippen molar-refractivity contribution in [2.75, 3.05) is 0 Å². The summed E-state index contributed by atoms with van der Waals surface area (Å²) in [5, 5.41) is 23.6. The summed E-state index contributed by atoms with van der Waals surface area (Å²) in [5.41, 5.74) is 0.466. The van der Waals surface area contributed by atoms with Gasteiger partial charge in [0.2, 0.25) is 0 Å². The fourth-order valence-corrected chi connectivity index (χ4v) is 1.61. The lowest BCUT2D eigenvalue weighted by Crippen LogP contribution is -2.07. The zero-order valence-corrected chi connectivity index (χ0v) is 10.8. The first-order valence-corrected chi connectivity index (χ1v) is 5.83. The van der Waals surface area contributed by atoms with Crippen LogP contribution in [0.25, 0.3) is 5.82 Å². The van der Waals surface area contributed by atoms with Crippen LogP contribution in [0.2, 0.25) is 0 Å². The minimum atomic E-state index is -1.09. The molecule has 8 nitrogen and oxygen atoms in total. The first kappa shape index (κ1) is 13.7. The van der Waals surface area contributed by atoms with E-state index in [1.165, 1.54) is 23.0 Å². The maximum atomic E-state index is 11.1. The second-order valence-electron chi connectivity index (χ2n) is 4.50. The highest BCUT2D eigenvalue weighted by Crippen LogP contribution is 2.18. The summed E-state index contributed by atoms with van der Waals surface area (Å²) in [7, 11) is 0. The van der Waals surface area contributed by atoms with Crippen LogP contribution in [0, 0.1) is 10.1 Å². The molecular formula is C12H12N4O4. The predicted octanol–water partition coefficient (Wildman–Crippen LogP) is 2.00. The second kappa shape index (κ2) is 5.08. The number of hydrogen-bond donors (Lipinski definition) is 1. The second-order valence-corrected chi connectivity index (χ2v) is 4.50. The fraction of sp³-hybridized carbons (Fsp3) is 0.250. The van der Waals surface area contributed by atoms with Crippen molar-refractivity contribution in [1.82, 2.24) is 14.8 Å². The third-order valence-corrected chi connectivity index (χ3v) is 2.68. The van der Waals surface area contributed by atoms with Crippen LogP contribution in [-0.2, 0) is 0 Å². The van der Waals surface area contributed by atoms with Gasteiger partial charge < -0.3 is 5.11 Å². The summed E-state index contributed by atoms with van der Waals surface area (Å²) < 4.78 is 1.19.